The van der Waals surface area contributed by atoms with Gasteiger partial charge >= 0.3 is 12.1 Å². The van der Waals surface area contributed by atoms with Gasteiger partial charge in [-0.3, -0.25) is 0 Å². The molecule has 1 rings (SSSR count). The van der Waals surface area contributed by atoms with Crippen LogP contribution in [0, 0.1) is 0 Å². The first kappa shape index (κ1) is 12.8. The second kappa shape index (κ2) is 4.31. The number of nitrogens with two attached hydrogens (primary N) is 1. The molecule has 3 N–H and O–H groups in total. The summed E-state index contributed by atoms with van der Waals surface area (Å²) < 4.78 is 36.8. The van der Waals surface area contributed by atoms with Crippen molar-refractivity contribution in [2.45, 2.75) is 12.2 Å². The van der Waals surface area contributed by atoms with Crippen LogP contribution in [0.25, 0.3) is 0 Å². The molecule has 0 heterocycles. The smallest absolute Gasteiger partial charge is 0.407 e. The summed E-state index contributed by atoms with van der Waals surface area (Å²) in [6.07, 6.45) is -4.62. The molecule has 0 aromatic heterocycles. The fraction of sp³-hybridized carbons (Fsp3) is 0.222. The first-order chi connectivity index (χ1) is 7.23. The molecule has 0 fully saturated rings. The van der Waals surface area contributed by atoms with E-state index < -0.39 is 18.2 Å². The lowest BCUT2D eigenvalue weighted by atomic mass is 10.1. The second-order valence-electron chi connectivity index (χ2n) is 3.06. The molecule has 0 unspecified atom stereocenters. The van der Waals surface area contributed by atoms with Crippen molar-refractivity contribution in [1.29, 1.82) is 0 Å². The molecule has 0 aliphatic heterocycles. The van der Waals surface area contributed by atoms with Gasteiger partial charge in [0.1, 0.15) is 6.04 Å². The summed E-state index contributed by atoms with van der Waals surface area (Å²) in [5.41, 5.74) is 4.40. The summed E-state index contributed by atoms with van der Waals surface area (Å²) in [6, 6.07) is 0.701. The zero-order valence-electron chi connectivity index (χ0n) is 7.75. The highest BCUT2D eigenvalue weighted by molar-refractivity contribution is 6.31. The zero-order chi connectivity index (χ0) is 12.5. The highest BCUT2D eigenvalue weighted by Crippen LogP contribution is 2.34. The van der Waals surface area contributed by atoms with E-state index >= 15 is 0 Å². The molecule has 3 nitrogen and oxygen atoms in total. The summed E-state index contributed by atoms with van der Waals surface area (Å²) in [6.45, 7) is 0. The fourth-order valence-electron chi connectivity index (χ4n) is 1.09. The molecule has 0 saturated heterocycles. The molecular formula is C9H7ClF3NO2. The van der Waals surface area contributed by atoms with Gasteiger partial charge in [0, 0.05) is 5.02 Å². The molecule has 1 aromatic carbocycles. The van der Waals surface area contributed by atoms with Crippen LogP contribution in [0.4, 0.5) is 13.2 Å². The SMILES string of the molecule is N[C@@H](c1ccc(C(=O)O)cc1Cl)C(F)(F)F. The molecule has 1 atom stereocenters. The van der Waals surface area contributed by atoms with E-state index in [0.717, 1.165) is 18.2 Å². The average Bonchev–Trinajstić information content (AvgIpc) is 2.15. The molecule has 0 saturated carbocycles. The Bertz CT molecular complexity index is 420. The van der Waals surface area contributed by atoms with Crippen LogP contribution in [0.2, 0.25) is 5.02 Å². The third-order valence-corrected chi connectivity index (χ3v) is 2.26. The molecule has 0 radical (unpaired) electrons. The Balaban J connectivity index is 3.13. The number of carboxylic acid groups (broad SMARTS) is 1. The summed E-state index contributed by atoms with van der Waals surface area (Å²) in [5.74, 6) is -1.27. The normalized spacial score (nSPS) is 13.6. The van der Waals surface area contributed by atoms with Gasteiger partial charge in [-0.05, 0) is 17.7 Å². The predicted molar refractivity (Wildman–Crippen MR) is 51.4 cm³/mol. The van der Waals surface area contributed by atoms with Crippen LogP contribution in [-0.2, 0) is 0 Å². The summed E-state index contributed by atoms with van der Waals surface area (Å²) >= 11 is 5.53. The number of carboxylic acids is 1. The Hall–Kier alpha value is -1.27. The van der Waals surface area contributed by atoms with Crippen molar-refractivity contribution in [2.75, 3.05) is 0 Å². The van der Waals surface area contributed by atoms with Gasteiger partial charge in [-0.2, -0.15) is 13.2 Å². The number of rotatable bonds is 2. The highest BCUT2D eigenvalue weighted by atomic mass is 35.5. The Morgan fingerprint density at radius 1 is 1.44 bits per heavy atom. The van der Waals surface area contributed by atoms with Crippen molar-refractivity contribution in [3.8, 4) is 0 Å². The quantitative estimate of drug-likeness (QED) is 0.851. The Labute approximate surface area is 93.6 Å². The van der Waals surface area contributed by atoms with Crippen LogP contribution in [0.1, 0.15) is 22.0 Å². The van der Waals surface area contributed by atoms with Crippen molar-refractivity contribution in [2.24, 2.45) is 5.73 Å². The lowest BCUT2D eigenvalue weighted by molar-refractivity contribution is -0.149. The summed E-state index contributed by atoms with van der Waals surface area (Å²) in [7, 11) is 0. The summed E-state index contributed by atoms with van der Waals surface area (Å²) in [4.78, 5) is 10.5. The Morgan fingerprint density at radius 3 is 2.38 bits per heavy atom. The molecule has 0 spiro atoms. The van der Waals surface area contributed by atoms with E-state index in [1.165, 1.54) is 0 Å². The fourth-order valence-corrected chi connectivity index (χ4v) is 1.39. The van der Waals surface area contributed by atoms with Gasteiger partial charge in [0.15, 0.2) is 0 Å². The standard InChI is InChI=1S/C9H7ClF3NO2/c10-6-3-4(8(15)16)1-2-5(6)7(14)9(11,12)13/h1-3,7H,14H2,(H,15,16)/t7-/m0/s1. The van der Waals surface area contributed by atoms with Crippen LogP contribution >= 0.6 is 11.6 Å². The average molecular weight is 254 g/mol. The van der Waals surface area contributed by atoms with Crippen LogP contribution in [0.15, 0.2) is 18.2 Å². The number of hydrogen-bond acceptors (Lipinski definition) is 2. The first-order valence-corrected chi connectivity index (χ1v) is 4.46. The Kier molecular flexibility index (Phi) is 3.44. The molecule has 16 heavy (non-hydrogen) atoms. The van der Waals surface area contributed by atoms with Crippen molar-refractivity contribution in [3.05, 3.63) is 34.3 Å². The maximum Gasteiger partial charge on any atom is 0.407 e. The molecule has 0 aliphatic rings. The monoisotopic (exact) mass is 253 g/mol. The third kappa shape index (κ3) is 2.65. The van der Waals surface area contributed by atoms with Gasteiger partial charge in [0.2, 0.25) is 0 Å². The summed E-state index contributed by atoms with van der Waals surface area (Å²) in [5, 5.41) is 8.27. The Morgan fingerprint density at radius 2 is 2.00 bits per heavy atom. The molecule has 88 valence electrons. The van der Waals surface area contributed by atoms with Crippen molar-refractivity contribution < 1.29 is 23.1 Å². The lowest BCUT2D eigenvalue weighted by Gasteiger charge is -2.17. The van der Waals surface area contributed by atoms with Gasteiger partial charge in [0.05, 0.1) is 5.56 Å². The van der Waals surface area contributed by atoms with Gasteiger partial charge in [-0.25, -0.2) is 4.79 Å². The maximum absolute atomic E-state index is 12.3. The minimum Gasteiger partial charge on any atom is -0.478 e. The van der Waals surface area contributed by atoms with E-state index in [2.05, 4.69) is 0 Å². The minimum absolute atomic E-state index is 0.192. The van der Waals surface area contributed by atoms with Crippen molar-refractivity contribution in [1.82, 2.24) is 0 Å². The number of alkyl halides is 3. The predicted octanol–water partition coefficient (Wildman–Crippen LogP) is 2.60. The van der Waals surface area contributed by atoms with Crippen LogP contribution in [0.3, 0.4) is 0 Å². The largest absolute Gasteiger partial charge is 0.478 e. The van der Waals surface area contributed by atoms with E-state index in [9.17, 15) is 18.0 Å². The number of halogens is 4. The van der Waals surface area contributed by atoms with Crippen molar-refractivity contribution >= 4 is 17.6 Å². The zero-order valence-corrected chi connectivity index (χ0v) is 8.51. The van der Waals surface area contributed by atoms with E-state index in [1.807, 2.05) is 0 Å². The molecule has 0 amide bonds. The van der Waals surface area contributed by atoms with Gasteiger partial charge < -0.3 is 10.8 Å². The number of aromatic carboxylic acids is 1. The maximum atomic E-state index is 12.3. The van der Waals surface area contributed by atoms with Gasteiger partial charge in [-0.15, -0.1) is 0 Å². The highest BCUT2D eigenvalue weighted by Gasteiger charge is 2.38. The van der Waals surface area contributed by atoms with E-state index in [4.69, 9.17) is 22.4 Å². The van der Waals surface area contributed by atoms with E-state index in [1.54, 1.807) is 0 Å². The molecule has 1 aromatic rings. The molecule has 0 bridgehead atoms. The van der Waals surface area contributed by atoms with Gasteiger partial charge in [0.25, 0.3) is 0 Å². The molecular weight excluding hydrogens is 247 g/mol. The molecule has 7 heteroatoms. The number of hydrogen-bond donors (Lipinski definition) is 2. The van der Waals surface area contributed by atoms with Crippen LogP contribution in [-0.4, -0.2) is 17.3 Å². The molecule has 0 aliphatic carbocycles. The third-order valence-electron chi connectivity index (χ3n) is 1.94. The topological polar surface area (TPSA) is 63.3 Å². The van der Waals surface area contributed by atoms with Crippen LogP contribution in [0.5, 0.6) is 0 Å². The number of carbonyl (C=O) groups is 1. The number of benzene rings is 1. The van der Waals surface area contributed by atoms with Crippen molar-refractivity contribution in [3.63, 3.8) is 0 Å². The lowest BCUT2D eigenvalue weighted by Crippen LogP contribution is -2.28. The van der Waals surface area contributed by atoms with E-state index in [0.29, 0.717) is 0 Å². The minimum atomic E-state index is -4.62. The van der Waals surface area contributed by atoms with E-state index in [-0.39, 0.29) is 16.1 Å². The van der Waals surface area contributed by atoms with Crippen LogP contribution < -0.4 is 5.73 Å². The first-order valence-electron chi connectivity index (χ1n) is 4.08. The second-order valence-corrected chi connectivity index (χ2v) is 3.47. The van der Waals surface area contributed by atoms with Gasteiger partial charge in [-0.1, -0.05) is 17.7 Å².